The summed E-state index contributed by atoms with van der Waals surface area (Å²) in [5.41, 5.74) is 3.72. The fraction of sp³-hybridized carbons (Fsp3) is 0.105. The van der Waals surface area contributed by atoms with Gasteiger partial charge >= 0.3 is 0 Å². The van der Waals surface area contributed by atoms with E-state index in [0.29, 0.717) is 11.6 Å². The average molecular weight is 854 g/mol. The van der Waals surface area contributed by atoms with Crippen LogP contribution in [0.25, 0.3) is 33.9 Å². The van der Waals surface area contributed by atoms with E-state index in [1.165, 1.54) is 20.7 Å². The summed E-state index contributed by atoms with van der Waals surface area (Å²) < 4.78 is 15.4. The van der Waals surface area contributed by atoms with Crippen LogP contribution in [0, 0.1) is 6.07 Å². The Balaban J connectivity index is 0.000000191. The van der Waals surface area contributed by atoms with E-state index in [4.69, 9.17) is 0 Å². The predicted octanol–water partition coefficient (Wildman–Crippen LogP) is 4.11. The van der Waals surface area contributed by atoms with Gasteiger partial charge in [0.15, 0.2) is 5.82 Å². The van der Waals surface area contributed by atoms with Gasteiger partial charge in [0.05, 0.1) is 16.1 Å². The topological polar surface area (TPSA) is 82.7 Å². The zero-order valence-electron chi connectivity index (χ0n) is 27.0. The number of fused-ring (bicyclic) bond motifs is 5. The third-order valence-corrected chi connectivity index (χ3v) is 20.5. The molecule has 0 N–H and O–H groups in total. The van der Waals surface area contributed by atoms with Gasteiger partial charge in [-0.3, -0.25) is 0 Å². The minimum absolute atomic E-state index is 0. The van der Waals surface area contributed by atoms with Crippen molar-refractivity contribution >= 4 is 71.0 Å². The number of imidazole rings is 1. The number of aromatic nitrogens is 5. The summed E-state index contributed by atoms with van der Waals surface area (Å²) in [5, 5.41) is 8.34. The summed E-state index contributed by atoms with van der Waals surface area (Å²) in [5.74, 6) is 1.14. The van der Waals surface area contributed by atoms with Gasteiger partial charge in [-0.2, -0.15) is 0 Å². The maximum Gasteiger partial charge on any atom is 0.150 e. The van der Waals surface area contributed by atoms with Crippen molar-refractivity contribution in [1.29, 1.82) is 0 Å². The van der Waals surface area contributed by atoms with Gasteiger partial charge in [-0.05, 0) is 45.1 Å². The monoisotopic (exact) mass is 854 g/mol. The van der Waals surface area contributed by atoms with E-state index in [1.54, 1.807) is 18.5 Å². The Morgan fingerprint density at radius 2 is 1.27 bits per heavy atom. The Labute approximate surface area is 295 Å². The van der Waals surface area contributed by atoms with Crippen LogP contribution < -0.4 is 41.6 Å². The quantitative estimate of drug-likeness (QED) is 0.148. The van der Waals surface area contributed by atoms with Gasteiger partial charge in [0, 0.05) is 49.3 Å². The Morgan fingerprint density at radius 3 is 1.94 bits per heavy atom. The molecule has 0 saturated carbocycles. The molecule has 4 aromatic carbocycles. The molecule has 0 bridgehead atoms. The normalized spacial score (nSPS) is 17.5. The maximum atomic E-state index is 15.4. The van der Waals surface area contributed by atoms with Gasteiger partial charge in [-0.1, -0.05) is 116 Å². The van der Waals surface area contributed by atoms with Gasteiger partial charge in [0.25, 0.3) is 0 Å². The van der Waals surface area contributed by atoms with Crippen LogP contribution in [0.3, 0.4) is 0 Å². The summed E-state index contributed by atoms with van der Waals surface area (Å²) in [6, 6.07) is 38.6. The fourth-order valence-corrected chi connectivity index (χ4v) is 20.9. The molecule has 0 amide bonds. The molecule has 0 saturated heterocycles. The van der Waals surface area contributed by atoms with Gasteiger partial charge < -0.3 is 19.5 Å². The molecule has 0 fully saturated rings. The molecule has 1 unspecified atom stereocenters. The van der Waals surface area contributed by atoms with Crippen LogP contribution in [0.4, 0.5) is 0 Å². The number of rotatable bonds is 2. The summed E-state index contributed by atoms with van der Waals surface area (Å²) in [6.07, 6.45) is 5.21. The third-order valence-electron chi connectivity index (χ3n) is 9.53. The summed E-state index contributed by atoms with van der Waals surface area (Å²) in [4.78, 5) is 21.6. The first-order chi connectivity index (χ1) is 22.7. The van der Waals surface area contributed by atoms with E-state index in [0.717, 1.165) is 38.2 Å². The Hall–Kier alpha value is -4.11. The van der Waals surface area contributed by atoms with Crippen molar-refractivity contribution in [3.8, 4) is 22.9 Å². The minimum atomic E-state index is -2.97. The fourth-order valence-electron chi connectivity index (χ4n) is 7.12. The van der Waals surface area contributed by atoms with Gasteiger partial charge in [-0.25, -0.2) is 9.97 Å². The predicted molar refractivity (Wildman–Crippen MR) is 197 cm³/mol. The number of nitrogens with zero attached hydrogens (tertiary/aromatic N) is 5. The van der Waals surface area contributed by atoms with Crippen LogP contribution >= 0.6 is 7.14 Å². The van der Waals surface area contributed by atoms with Crippen LogP contribution in [0.2, 0.25) is 26.2 Å². The molecular weight excluding hydrogens is 822 g/mol. The van der Waals surface area contributed by atoms with E-state index in [9.17, 15) is 0 Å². The van der Waals surface area contributed by atoms with E-state index in [2.05, 4.69) is 118 Å². The number of para-hydroxylation sites is 2. The van der Waals surface area contributed by atoms with Crippen LogP contribution in [0.1, 0.15) is 0 Å². The first kappa shape index (κ1) is 32.4. The maximum absolute atomic E-state index is 15.4. The molecule has 239 valence electrons. The second-order valence-electron chi connectivity index (χ2n) is 13.0. The SMILES string of the molecule is C[Si]1(C)c2[c-]c(-c3ccccn3)cc3c2P(=O)(c2ccccc21)c1ccccc1[Si]3(C)C.[Ir].c1cnc(-c2nc3ccccc3[n-]2)nc1. The number of hydrogen-bond acceptors (Lipinski definition) is 5. The molecule has 3 aromatic heterocycles. The summed E-state index contributed by atoms with van der Waals surface area (Å²) in [7, 11) is -7.16. The molecule has 9 rings (SSSR count). The van der Waals surface area contributed by atoms with Crippen molar-refractivity contribution in [1.82, 2.24) is 24.9 Å². The largest absolute Gasteiger partial charge is 0.433 e. The van der Waals surface area contributed by atoms with E-state index in [1.807, 2.05) is 42.6 Å². The molecule has 2 aliphatic rings. The Morgan fingerprint density at radius 1 is 0.667 bits per heavy atom. The smallest absolute Gasteiger partial charge is 0.150 e. The second kappa shape index (κ2) is 12.1. The van der Waals surface area contributed by atoms with E-state index < -0.39 is 23.3 Å². The van der Waals surface area contributed by atoms with Gasteiger partial charge in [0.2, 0.25) is 0 Å². The molecule has 0 aliphatic carbocycles. The molecule has 5 heterocycles. The zero-order chi connectivity index (χ0) is 32.4. The zero-order valence-corrected chi connectivity index (χ0v) is 32.3. The molecule has 0 spiro atoms. The minimum Gasteiger partial charge on any atom is -0.433 e. The van der Waals surface area contributed by atoms with Gasteiger partial charge in [0.1, 0.15) is 7.14 Å². The molecule has 1 radical (unpaired) electrons. The summed E-state index contributed by atoms with van der Waals surface area (Å²) in [6.45, 7) is 9.59. The molecular formula is C38H32IrN5OPSi2-2. The first-order valence-corrected chi connectivity index (χ1v) is 23.4. The van der Waals surface area contributed by atoms with Crippen molar-refractivity contribution < 1.29 is 24.7 Å². The Kier molecular flexibility index (Phi) is 8.17. The Bertz CT molecular complexity index is 2250. The molecule has 6 nitrogen and oxygen atoms in total. The van der Waals surface area contributed by atoms with Crippen molar-refractivity contribution in [2.45, 2.75) is 26.2 Å². The first-order valence-electron chi connectivity index (χ1n) is 15.7. The van der Waals surface area contributed by atoms with Crippen LogP contribution in [-0.2, 0) is 24.7 Å². The molecule has 10 heteroatoms. The van der Waals surface area contributed by atoms with Crippen molar-refractivity contribution in [3.05, 3.63) is 128 Å². The second-order valence-corrected chi connectivity index (χ2v) is 24.3. The molecule has 7 aromatic rings. The van der Waals surface area contributed by atoms with Crippen molar-refractivity contribution in [3.63, 3.8) is 0 Å². The van der Waals surface area contributed by atoms with Crippen LogP contribution in [0.15, 0.2) is 122 Å². The molecule has 1 atom stereocenters. The van der Waals surface area contributed by atoms with Crippen LogP contribution in [0.5, 0.6) is 0 Å². The standard InChI is InChI=1S/C27H25NOPSi2.C11H7N4.Ir/c1-31(2)23-14-7-5-12-21(23)30(29)22-13-6-8-15-24(22)32(3,4)26-18-19(17-25(31)27(26)30)20-11-9-10-16-28-20;1-2-5-9-8(4-1)14-11(15-9)10-12-6-3-7-13-10;/h5-17H,1-4H3;1-7H;/q2*-1;. The number of benzene rings is 4. The molecule has 48 heavy (non-hydrogen) atoms. The third kappa shape index (κ3) is 4.96. The van der Waals surface area contributed by atoms with Crippen molar-refractivity contribution in [2.24, 2.45) is 0 Å². The van der Waals surface area contributed by atoms with E-state index in [-0.39, 0.29) is 20.1 Å². The molecule has 2 aliphatic heterocycles. The average Bonchev–Trinajstić information content (AvgIpc) is 3.56. The van der Waals surface area contributed by atoms with Gasteiger partial charge in [-0.15, -0.1) is 28.1 Å². The number of hydrogen-bond donors (Lipinski definition) is 0. The van der Waals surface area contributed by atoms with Crippen LogP contribution in [-0.4, -0.2) is 36.1 Å². The van der Waals surface area contributed by atoms with Crippen molar-refractivity contribution in [2.75, 3.05) is 0 Å². The van der Waals surface area contributed by atoms with E-state index >= 15 is 4.57 Å². The number of pyridine rings is 1. The summed E-state index contributed by atoms with van der Waals surface area (Å²) >= 11 is 0.